The van der Waals surface area contributed by atoms with Crippen LogP contribution < -0.4 is 5.73 Å². The Morgan fingerprint density at radius 2 is 1.80 bits per heavy atom. The molecule has 1 heterocycles. The maximum atomic E-state index is 13.8. The number of likely N-dealkylation sites (N-methyl/N-ethyl adjacent to an activating group) is 1. The zero-order chi connectivity index (χ0) is 14.9. The summed E-state index contributed by atoms with van der Waals surface area (Å²) in [4.78, 5) is 4.61. The molecule has 0 radical (unpaired) electrons. The van der Waals surface area contributed by atoms with E-state index in [1.165, 1.54) is 0 Å². The first-order valence-corrected chi connectivity index (χ1v) is 7.92. The van der Waals surface area contributed by atoms with Crippen LogP contribution in [0.1, 0.15) is 46.0 Å². The van der Waals surface area contributed by atoms with E-state index in [0.717, 1.165) is 32.4 Å². The van der Waals surface area contributed by atoms with Crippen LogP contribution in [0.3, 0.4) is 0 Å². The van der Waals surface area contributed by atoms with E-state index in [1.54, 1.807) is 0 Å². The fourth-order valence-corrected chi connectivity index (χ4v) is 3.71. The Labute approximate surface area is 121 Å². The summed E-state index contributed by atoms with van der Waals surface area (Å²) in [5.74, 6) is -2.70. The summed E-state index contributed by atoms with van der Waals surface area (Å²) in [6.45, 7) is 6.54. The van der Waals surface area contributed by atoms with Gasteiger partial charge in [-0.2, -0.15) is 0 Å². The second kappa shape index (κ2) is 6.24. The summed E-state index contributed by atoms with van der Waals surface area (Å²) in [6.07, 6.45) is 3.45. The van der Waals surface area contributed by atoms with Crippen molar-refractivity contribution < 1.29 is 8.78 Å². The number of likely N-dealkylation sites (tertiary alicyclic amines) is 1. The third-order valence-corrected chi connectivity index (χ3v) is 5.24. The van der Waals surface area contributed by atoms with Crippen LogP contribution in [-0.4, -0.2) is 60.0 Å². The molecule has 2 atom stereocenters. The Kier molecular flexibility index (Phi) is 5.03. The van der Waals surface area contributed by atoms with Crippen molar-refractivity contribution in [3.8, 4) is 0 Å². The van der Waals surface area contributed by atoms with Crippen molar-refractivity contribution in [2.45, 2.75) is 76.0 Å². The monoisotopic (exact) mass is 289 g/mol. The molecule has 5 heteroatoms. The Bertz CT molecular complexity index is 314. The highest BCUT2D eigenvalue weighted by atomic mass is 19.3. The Morgan fingerprint density at radius 3 is 2.35 bits per heavy atom. The minimum absolute atomic E-state index is 0.0513. The number of nitrogens with zero attached hydrogens (tertiary/aromatic N) is 2. The molecule has 0 aromatic rings. The molecule has 1 saturated carbocycles. The van der Waals surface area contributed by atoms with Crippen LogP contribution in [0.15, 0.2) is 0 Å². The van der Waals surface area contributed by atoms with Crippen molar-refractivity contribution in [2.75, 3.05) is 20.1 Å². The maximum absolute atomic E-state index is 13.8. The molecule has 2 aliphatic rings. The fourth-order valence-electron chi connectivity index (χ4n) is 3.71. The number of alkyl halides is 2. The normalized spacial score (nSPS) is 33.0. The van der Waals surface area contributed by atoms with E-state index in [2.05, 4.69) is 23.6 Å². The molecule has 20 heavy (non-hydrogen) atoms. The highest BCUT2D eigenvalue weighted by Crippen LogP contribution is 2.35. The molecular weight excluding hydrogens is 260 g/mol. The summed E-state index contributed by atoms with van der Waals surface area (Å²) in [5, 5.41) is 0. The predicted octanol–water partition coefficient (Wildman–Crippen LogP) is 2.31. The largest absolute Gasteiger partial charge is 0.321 e. The van der Waals surface area contributed by atoms with Gasteiger partial charge in [0.1, 0.15) is 0 Å². The van der Waals surface area contributed by atoms with Crippen molar-refractivity contribution in [1.29, 1.82) is 0 Å². The molecule has 1 aliphatic carbocycles. The summed E-state index contributed by atoms with van der Waals surface area (Å²) >= 11 is 0. The van der Waals surface area contributed by atoms with Crippen LogP contribution in [0.4, 0.5) is 8.78 Å². The first-order chi connectivity index (χ1) is 9.33. The molecule has 0 aromatic carbocycles. The van der Waals surface area contributed by atoms with Gasteiger partial charge in [0.15, 0.2) is 0 Å². The number of nitrogens with two attached hydrogens (primary N) is 1. The van der Waals surface area contributed by atoms with E-state index in [9.17, 15) is 8.78 Å². The van der Waals surface area contributed by atoms with E-state index in [-0.39, 0.29) is 12.5 Å². The zero-order valence-corrected chi connectivity index (χ0v) is 13.0. The first kappa shape index (κ1) is 16.1. The van der Waals surface area contributed by atoms with E-state index in [1.807, 2.05) is 7.05 Å². The lowest BCUT2D eigenvalue weighted by molar-refractivity contribution is -0.0873. The standard InChI is InChI=1S/C15H29F2N3/c1-11(2)20-9-6-12(7-10-20)19(3)13-5-4-8-15(16,17)14(13)18/h11-14H,4-10,18H2,1-3H3/t13-,14+/m0/s1. The highest BCUT2D eigenvalue weighted by Gasteiger charge is 2.47. The second-order valence-corrected chi connectivity index (χ2v) is 6.77. The average molecular weight is 289 g/mol. The third kappa shape index (κ3) is 3.31. The molecule has 2 N–H and O–H groups in total. The molecule has 0 unspecified atom stereocenters. The topological polar surface area (TPSA) is 32.5 Å². The zero-order valence-electron chi connectivity index (χ0n) is 13.0. The van der Waals surface area contributed by atoms with Crippen LogP contribution >= 0.6 is 0 Å². The van der Waals surface area contributed by atoms with Gasteiger partial charge in [-0.1, -0.05) is 0 Å². The maximum Gasteiger partial charge on any atom is 0.264 e. The fraction of sp³-hybridized carbons (Fsp3) is 1.00. The van der Waals surface area contributed by atoms with Gasteiger partial charge in [-0.05, 0) is 59.7 Å². The quantitative estimate of drug-likeness (QED) is 0.865. The Balaban J connectivity index is 1.93. The van der Waals surface area contributed by atoms with Gasteiger partial charge in [-0.3, -0.25) is 4.90 Å². The minimum Gasteiger partial charge on any atom is -0.321 e. The number of piperidine rings is 1. The molecule has 0 amide bonds. The summed E-state index contributed by atoms with van der Waals surface area (Å²) in [7, 11) is 1.99. The molecular formula is C15H29F2N3. The van der Waals surface area contributed by atoms with Crippen LogP contribution in [-0.2, 0) is 0 Å². The molecule has 2 rings (SSSR count). The Morgan fingerprint density at radius 1 is 1.20 bits per heavy atom. The molecule has 0 spiro atoms. The lowest BCUT2D eigenvalue weighted by atomic mass is 9.85. The van der Waals surface area contributed by atoms with Crippen molar-refractivity contribution in [2.24, 2.45) is 5.73 Å². The van der Waals surface area contributed by atoms with Gasteiger partial charge in [-0.15, -0.1) is 0 Å². The van der Waals surface area contributed by atoms with Gasteiger partial charge < -0.3 is 10.6 Å². The molecule has 118 valence electrons. The first-order valence-electron chi connectivity index (χ1n) is 7.92. The summed E-state index contributed by atoms with van der Waals surface area (Å²) in [5.41, 5.74) is 5.84. The lowest BCUT2D eigenvalue weighted by Crippen LogP contribution is -2.61. The van der Waals surface area contributed by atoms with Gasteiger partial charge in [-0.25, -0.2) is 8.78 Å². The van der Waals surface area contributed by atoms with Gasteiger partial charge in [0.2, 0.25) is 0 Å². The number of halogens is 2. The van der Waals surface area contributed by atoms with Crippen molar-refractivity contribution in [1.82, 2.24) is 9.80 Å². The van der Waals surface area contributed by atoms with Crippen LogP contribution in [0.2, 0.25) is 0 Å². The predicted molar refractivity (Wildman–Crippen MR) is 78.1 cm³/mol. The molecule has 3 nitrogen and oxygen atoms in total. The van der Waals surface area contributed by atoms with Crippen LogP contribution in [0.25, 0.3) is 0 Å². The SMILES string of the molecule is CC(C)N1CCC(N(C)[C@H]2CCCC(F)(F)[C@@H]2N)CC1. The number of rotatable bonds is 3. The third-order valence-electron chi connectivity index (χ3n) is 5.24. The van der Waals surface area contributed by atoms with E-state index in [4.69, 9.17) is 5.73 Å². The number of hydrogen-bond acceptors (Lipinski definition) is 3. The van der Waals surface area contributed by atoms with Crippen molar-refractivity contribution in [3.63, 3.8) is 0 Å². The second-order valence-electron chi connectivity index (χ2n) is 6.77. The lowest BCUT2D eigenvalue weighted by Gasteiger charge is -2.46. The van der Waals surface area contributed by atoms with Crippen molar-refractivity contribution >= 4 is 0 Å². The molecule has 1 saturated heterocycles. The Hall–Kier alpha value is -0.260. The van der Waals surface area contributed by atoms with Gasteiger partial charge in [0.25, 0.3) is 5.92 Å². The smallest absolute Gasteiger partial charge is 0.264 e. The van der Waals surface area contributed by atoms with Gasteiger partial charge >= 0.3 is 0 Å². The summed E-state index contributed by atoms with van der Waals surface area (Å²) < 4.78 is 27.6. The molecule has 0 aromatic heterocycles. The molecule has 2 fully saturated rings. The van der Waals surface area contributed by atoms with Crippen molar-refractivity contribution in [3.05, 3.63) is 0 Å². The van der Waals surface area contributed by atoms with E-state index in [0.29, 0.717) is 18.5 Å². The van der Waals surface area contributed by atoms with E-state index < -0.39 is 12.0 Å². The molecule has 0 bridgehead atoms. The summed E-state index contributed by atoms with van der Waals surface area (Å²) in [6, 6.07) is -0.212. The van der Waals surface area contributed by atoms with Crippen LogP contribution in [0, 0.1) is 0 Å². The number of hydrogen-bond donors (Lipinski definition) is 1. The average Bonchev–Trinajstić information content (AvgIpc) is 2.41. The van der Waals surface area contributed by atoms with Gasteiger partial charge in [0, 0.05) is 24.5 Å². The van der Waals surface area contributed by atoms with E-state index >= 15 is 0 Å². The van der Waals surface area contributed by atoms with Crippen LogP contribution in [0.5, 0.6) is 0 Å². The highest BCUT2D eigenvalue weighted by molar-refractivity contribution is 4.97. The minimum atomic E-state index is -2.70. The molecule has 1 aliphatic heterocycles. The van der Waals surface area contributed by atoms with Gasteiger partial charge in [0.05, 0.1) is 6.04 Å².